The van der Waals surface area contributed by atoms with Crippen molar-refractivity contribution in [3.8, 4) is 11.3 Å². The average molecular weight is 367 g/mol. The van der Waals surface area contributed by atoms with Gasteiger partial charge in [0, 0.05) is 17.3 Å². The smallest absolute Gasteiger partial charge is 0.277 e. The molecule has 1 aromatic carbocycles. The van der Waals surface area contributed by atoms with Crippen molar-refractivity contribution < 1.29 is 9.90 Å². The molecule has 0 aliphatic carbocycles. The Labute approximate surface area is 158 Å². The van der Waals surface area contributed by atoms with Gasteiger partial charge in [0.05, 0.1) is 18.8 Å². The lowest BCUT2D eigenvalue weighted by molar-refractivity contribution is 0.102. The Hall–Kier alpha value is -2.93. The minimum absolute atomic E-state index is 0.0676. The fourth-order valence-electron chi connectivity index (χ4n) is 2.89. The maximum absolute atomic E-state index is 12.5. The molecule has 0 unspecified atom stereocenters. The van der Waals surface area contributed by atoms with Crippen LogP contribution >= 0.6 is 0 Å². The first-order chi connectivity index (χ1) is 13.1. The van der Waals surface area contributed by atoms with Gasteiger partial charge in [0.15, 0.2) is 5.69 Å². The van der Waals surface area contributed by atoms with Gasteiger partial charge in [-0.1, -0.05) is 44.5 Å². The van der Waals surface area contributed by atoms with E-state index < -0.39 is 0 Å². The number of nitrogens with one attached hydrogen (secondary N) is 2. The molecule has 3 N–H and O–H groups in total. The van der Waals surface area contributed by atoms with Gasteiger partial charge in [-0.25, -0.2) is 4.68 Å². The normalized spacial score (nSPS) is 10.9. The Morgan fingerprint density at radius 2 is 2.00 bits per heavy atom. The molecule has 0 aliphatic heterocycles. The zero-order valence-corrected chi connectivity index (χ0v) is 15.7. The monoisotopic (exact) mass is 367 g/mol. The topological polar surface area (TPSA) is 95.8 Å². The van der Waals surface area contributed by atoms with Gasteiger partial charge in [0.25, 0.3) is 5.91 Å². The average Bonchev–Trinajstić information content (AvgIpc) is 3.30. The van der Waals surface area contributed by atoms with E-state index in [0.717, 1.165) is 36.2 Å². The van der Waals surface area contributed by atoms with Crippen LogP contribution in [0.15, 0.2) is 36.4 Å². The molecule has 3 aromatic rings. The molecule has 1 amide bonds. The highest BCUT2D eigenvalue weighted by Crippen LogP contribution is 2.23. The number of carbonyl (C=O) groups excluding carboxylic acids is 1. The second-order valence-electron chi connectivity index (χ2n) is 6.39. The van der Waals surface area contributed by atoms with Crippen molar-refractivity contribution in [2.24, 2.45) is 0 Å². The van der Waals surface area contributed by atoms with Gasteiger partial charge >= 0.3 is 0 Å². The van der Waals surface area contributed by atoms with E-state index >= 15 is 0 Å². The summed E-state index contributed by atoms with van der Waals surface area (Å²) in [4.78, 5) is 12.5. The van der Waals surface area contributed by atoms with E-state index in [0.29, 0.717) is 18.1 Å². The van der Waals surface area contributed by atoms with Crippen LogP contribution in [0.1, 0.15) is 42.0 Å². The number of aliphatic hydroxyl groups excluding tert-OH is 1. The van der Waals surface area contributed by atoms with E-state index in [2.05, 4.69) is 39.7 Å². The number of anilines is 1. The third-order valence-corrected chi connectivity index (χ3v) is 4.37. The lowest BCUT2D eigenvalue weighted by Crippen LogP contribution is -2.17. The van der Waals surface area contributed by atoms with E-state index in [1.165, 1.54) is 5.56 Å². The second-order valence-corrected chi connectivity index (χ2v) is 6.39. The van der Waals surface area contributed by atoms with E-state index in [4.69, 9.17) is 0 Å². The van der Waals surface area contributed by atoms with Crippen LogP contribution in [0, 0.1) is 0 Å². The molecule has 27 heavy (non-hydrogen) atoms. The van der Waals surface area contributed by atoms with Crippen molar-refractivity contribution in [3.05, 3.63) is 53.3 Å². The van der Waals surface area contributed by atoms with Crippen LogP contribution in [0.5, 0.6) is 0 Å². The molecule has 0 saturated carbocycles. The zero-order valence-electron chi connectivity index (χ0n) is 15.7. The number of aryl methyl sites for hydroxylation is 2. The van der Waals surface area contributed by atoms with Gasteiger partial charge in [0.1, 0.15) is 5.82 Å². The SMILES string of the molecule is CCCc1ccc(-c2cc(NC(=O)c3cc(CC)[nH]n3)n(CCO)n2)cc1. The highest BCUT2D eigenvalue weighted by molar-refractivity contribution is 6.02. The van der Waals surface area contributed by atoms with Crippen LogP contribution in [0.4, 0.5) is 5.82 Å². The van der Waals surface area contributed by atoms with Crippen molar-refractivity contribution in [3.63, 3.8) is 0 Å². The highest BCUT2D eigenvalue weighted by Gasteiger charge is 2.15. The molecule has 0 fully saturated rings. The molecule has 0 bridgehead atoms. The van der Waals surface area contributed by atoms with Crippen LogP contribution in [-0.4, -0.2) is 37.6 Å². The zero-order chi connectivity index (χ0) is 19.2. The standard InChI is InChI=1S/C20H25N5O2/c1-3-5-14-6-8-15(9-7-14)17-13-19(25(24-17)10-11-26)21-20(27)18-12-16(4-2)22-23-18/h6-9,12-13,26H,3-5,10-11H2,1-2H3,(H,21,27)(H,22,23). The van der Waals surface area contributed by atoms with E-state index in [1.807, 2.05) is 25.1 Å². The van der Waals surface area contributed by atoms with E-state index in [9.17, 15) is 9.90 Å². The molecule has 2 aromatic heterocycles. The lowest BCUT2D eigenvalue weighted by atomic mass is 10.1. The van der Waals surface area contributed by atoms with Gasteiger partial charge < -0.3 is 10.4 Å². The Morgan fingerprint density at radius 3 is 2.63 bits per heavy atom. The highest BCUT2D eigenvalue weighted by atomic mass is 16.3. The van der Waals surface area contributed by atoms with Crippen LogP contribution in [0.3, 0.4) is 0 Å². The molecular formula is C20H25N5O2. The molecule has 7 nitrogen and oxygen atoms in total. The van der Waals surface area contributed by atoms with Gasteiger partial charge in [-0.15, -0.1) is 0 Å². The summed E-state index contributed by atoms with van der Waals surface area (Å²) in [5, 5.41) is 23.6. The van der Waals surface area contributed by atoms with Crippen molar-refractivity contribution in [1.29, 1.82) is 0 Å². The van der Waals surface area contributed by atoms with Crippen molar-refractivity contribution >= 4 is 11.7 Å². The second kappa shape index (κ2) is 8.64. The number of aromatic amines is 1. The number of carbonyl (C=O) groups is 1. The van der Waals surface area contributed by atoms with Crippen LogP contribution in [0.25, 0.3) is 11.3 Å². The van der Waals surface area contributed by atoms with Gasteiger partial charge in [-0.05, 0) is 24.5 Å². The molecule has 7 heteroatoms. The number of H-pyrrole nitrogens is 1. The summed E-state index contributed by atoms with van der Waals surface area (Å²) in [7, 11) is 0. The minimum atomic E-state index is -0.310. The molecule has 0 spiro atoms. The Kier molecular flexibility index (Phi) is 6.03. The summed E-state index contributed by atoms with van der Waals surface area (Å²) in [6.45, 7) is 4.37. The van der Waals surface area contributed by atoms with Crippen molar-refractivity contribution in [2.75, 3.05) is 11.9 Å². The molecular weight excluding hydrogens is 342 g/mol. The maximum atomic E-state index is 12.5. The molecule has 3 rings (SSSR count). The summed E-state index contributed by atoms with van der Waals surface area (Å²) in [6, 6.07) is 11.8. The molecule has 2 heterocycles. The Bertz CT molecular complexity index is 895. The number of nitrogens with zero attached hydrogens (tertiary/aromatic N) is 3. The van der Waals surface area contributed by atoms with Gasteiger partial charge in [0.2, 0.25) is 0 Å². The Morgan fingerprint density at radius 1 is 1.22 bits per heavy atom. The first-order valence-corrected chi connectivity index (χ1v) is 9.28. The molecule has 0 aliphatic rings. The van der Waals surface area contributed by atoms with Crippen LogP contribution < -0.4 is 5.32 Å². The number of hydrogen-bond acceptors (Lipinski definition) is 4. The molecule has 0 radical (unpaired) electrons. The molecule has 0 atom stereocenters. The Balaban J connectivity index is 1.83. The largest absolute Gasteiger partial charge is 0.394 e. The third kappa shape index (κ3) is 4.43. The fourth-order valence-corrected chi connectivity index (χ4v) is 2.89. The minimum Gasteiger partial charge on any atom is -0.394 e. The summed E-state index contributed by atoms with van der Waals surface area (Å²) in [6.07, 6.45) is 2.93. The van der Waals surface area contributed by atoms with E-state index in [1.54, 1.807) is 10.7 Å². The summed E-state index contributed by atoms with van der Waals surface area (Å²) < 4.78 is 1.60. The summed E-state index contributed by atoms with van der Waals surface area (Å²) in [5.41, 5.74) is 4.23. The first kappa shape index (κ1) is 18.8. The number of aliphatic hydroxyl groups is 1. The predicted molar refractivity (Wildman–Crippen MR) is 105 cm³/mol. The number of hydrogen-bond donors (Lipinski definition) is 3. The third-order valence-electron chi connectivity index (χ3n) is 4.37. The predicted octanol–water partition coefficient (Wildman–Crippen LogP) is 3.03. The fraction of sp³-hybridized carbons (Fsp3) is 0.350. The quantitative estimate of drug-likeness (QED) is 0.570. The lowest BCUT2D eigenvalue weighted by Gasteiger charge is -2.05. The summed E-state index contributed by atoms with van der Waals surface area (Å²) in [5.74, 6) is 0.220. The van der Waals surface area contributed by atoms with Crippen molar-refractivity contribution in [2.45, 2.75) is 39.7 Å². The van der Waals surface area contributed by atoms with Crippen molar-refractivity contribution in [1.82, 2.24) is 20.0 Å². The first-order valence-electron chi connectivity index (χ1n) is 9.28. The van der Waals surface area contributed by atoms with Crippen LogP contribution in [0.2, 0.25) is 0 Å². The molecule has 142 valence electrons. The van der Waals surface area contributed by atoms with Gasteiger partial charge in [-0.2, -0.15) is 10.2 Å². The van der Waals surface area contributed by atoms with Crippen LogP contribution in [-0.2, 0) is 19.4 Å². The molecule has 0 saturated heterocycles. The number of amides is 1. The number of aromatic nitrogens is 4. The number of rotatable bonds is 8. The maximum Gasteiger partial charge on any atom is 0.277 e. The van der Waals surface area contributed by atoms with E-state index in [-0.39, 0.29) is 12.5 Å². The number of benzene rings is 1. The van der Waals surface area contributed by atoms with Gasteiger partial charge in [-0.3, -0.25) is 9.89 Å². The summed E-state index contributed by atoms with van der Waals surface area (Å²) >= 11 is 0.